The van der Waals surface area contributed by atoms with E-state index in [1.54, 1.807) is 6.07 Å². The van der Waals surface area contributed by atoms with Crippen LogP contribution in [0.5, 0.6) is 0 Å². The summed E-state index contributed by atoms with van der Waals surface area (Å²) in [5.41, 5.74) is 3.23. The highest BCUT2D eigenvalue weighted by molar-refractivity contribution is 9.10. The number of halogens is 1. The van der Waals surface area contributed by atoms with Crippen LogP contribution in [0.15, 0.2) is 46.9 Å². The quantitative estimate of drug-likeness (QED) is 0.645. The van der Waals surface area contributed by atoms with Gasteiger partial charge in [0, 0.05) is 18.3 Å². The molecule has 0 aromatic heterocycles. The molecule has 0 heterocycles. The lowest BCUT2D eigenvalue weighted by Gasteiger charge is -2.09. The van der Waals surface area contributed by atoms with Gasteiger partial charge >= 0.3 is 0 Å². The van der Waals surface area contributed by atoms with Crippen molar-refractivity contribution >= 4 is 27.3 Å². The third-order valence-electron chi connectivity index (χ3n) is 3.10. The fraction of sp³-hybridized carbons (Fsp3) is 0.200. The fourth-order valence-corrected chi connectivity index (χ4v) is 2.45. The third kappa shape index (κ3) is 3.36. The topological polar surface area (TPSA) is 55.2 Å². The fourth-order valence-electron chi connectivity index (χ4n) is 1.90. The molecule has 2 aromatic rings. The summed E-state index contributed by atoms with van der Waals surface area (Å²) in [6, 6.07) is 13.2. The minimum absolute atomic E-state index is 0.0885. The van der Waals surface area contributed by atoms with Crippen LogP contribution in [0.25, 0.3) is 0 Å². The Labute approximate surface area is 126 Å². The van der Waals surface area contributed by atoms with Crippen molar-refractivity contribution in [3.8, 4) is 0 Å². The van der Waals surface area contributed by atoms with E-state index in [1.165, 1.54) is 11.6 Å². The third-order valence-corrected chi connectivity index (χ3v) is 4.02. The average Bonchev–Trinajstić information content (AvgIpc) is 2.46. The van der Waals surface area contributed by atoms with E-state index in [1.807, 2.05) is 18.2 Å². The molecule has 104 valence electrons. The van der Waals surface area contributed by atoms with Crippen molar-refractivity contribution < 1.29 is 4.92 Å². The molecule has 0 saturated carbocycles. The lowest BCUT2D eigenvalue weighted by molar-refractivity contribution is -0.385. The van der Waals surface area contributed by atoms with Gasteiger partial charge in [-0.25, -0.2) is 0 Å². The molecule has 0 amide bonds. The first-order valence-corrected chi connectivity index (χ1v) is 7.15. The number of rotatable bonds is 5. The van der Waals surface area contributed by atoms with Crippen LogP contribution in [0, 0.1) is 10.1 Å². The molecule has 0 unspecified atom stereocenters. The normalized spacial score (nSPS) is 10.3. The maximum absolute atomic E-state index is 10.9. The first kappa shape index (κ1) is 14.5. The van der Waals surface area contributed by atoms with Gasteiger partial charge in [0.1, 0.15) is 4.47 Å². The molecule has 0 bridgehead atoms. The highest BCUT2D eigenvalue weighted by atomic mass is 79.9. The highest BCUT2D eigenvalue weighted by Crippen LogP contribution is 2.28. The molecule has 2 aromatic carbocycles. The first-order chi connectivity index (χ1) is 9.61. The lowest BCUT2D eigenvalue weighted by atomic mass is 10.1. The van der Waals surface area contributed by atoms with Crippen molar-refractivity contribution in [3.63, 3.8) is 0 Å². The molecule has 0 atom stereocenters. The Morgan fingerprint density at radius 2 is 1.90 bits per heavy atom. The Hall–Kier alpha value is -1.88. The smallest absolute Gasteiger partial charge is 0.283 e. The molecule has 5 heteroatoms. The van der Waals surface area contributed by atoms with Gasteiger partial charge < -0.3 is 5.32 Å². The van der Waals surface area contributed by atoms with Gasteiger partial charge in [0.05, 0.1) is 4.92 Å². The Balaban J connectivity index is 2.10. The van der Waals surface area contributed by atoms with Crippen molar-refractivity contribution in [1.29, 1.82) is 0 Å². The summed E-state index contributed by atoms with van der Waals surface area (Å²) in [6.07, 6.45) is 1.01. The number of nitrogens with one attached hydrogen (secondary N) is 1. The van der Waals surface area contributed by atoms with Crippen LogP contribution in [0.4, 0.5) is 11.4 Å². The monoisotopic (exact) mass is 334 g/mol. The van der Waals surface area contributed by atoms with Crippen LogP contribution >= 0.6 is 15.9 Å². The number of nitro groups is 1. The number of hydrogen-bond donors (Lipinski definition) is 1. The van der Waals surface area contributed by atoms with Crippen molar-refractivity contribution in [2.45, 2.75) is 19.9 Å². The van der Waals surface area contributed by atoms with E-state index in [2.05, 4.69) is 40.3 Å². The second-order valence-electron chi connectivity index (χ2n) is 4.41. The largest absolute Gasteiger partial charge is 0.381 e. The number of hydrogen-bond acceptors (Lipinski definition) is 3. The standard InChI is InChI=1S/C15H15BrN2O2/c1-2-11-6-8-13(9-7-11)17-10-12-4-3-5-14(15(12)16)18(19)20/h3-9,17H,2,10H2,1H3. The molecule has 0 aliphatic rings. The minimum Gasteiger partial charge on any atom is -0.381 e. The summed E-state index contributed by atoms with van der Waals surface area (Å²) < 4.78 is 0.530. The van der Waals surface area contributed by atoms with E-state index in [4.69, 9.17) is 0 Å². The van der Waals surface area contributed by atoms with Gasteiger partial charge in [-0.15, -0.1) is 0 Å². The van der Waals surface area contributed by atoms with E-state index in [-0.39, 0.29) is 10.6 Å². The van der Waals surface area contributed by atoms with Crippen LogP contribution in [0.2, 0.25) is 0 Å². The molecule has 4 nitrogen and oxygen atoms in total. The van der Waals surface area contributed by atoms with Gasteiger partial charge in [-0.3, -0.25) is 10.1 Å². The average molecular weight is 335 g/mol. The number of nitro benzene ring substituents is 1. The van der Waals surface area contributed by atoms with Gasteiger partial charge in [-0.05, 0) is 45.6 Å². The van der Waals surface area contributed by atoms with Gasteiger partial charge in [0.25, 0.3) is 5.69 Å². The van der Waals surface area contributed by atoms with Crippen LogP contribution in [0.1, 0.15) is 18.1 Å². The Bertz CT molecular complexity index is 612. The van der Waals surface area contributed by atoms with Crippen molar-refractivity contribution in [1.82, 2.24) is 0 Å². The summed E-state index contributed by atoms with van der Waals surface area (Å²) >= 11 is 3.30. The van der Waals surface area contributed by atoms with Crippen molar-refractivity contribution in [2.24, 2.45) is 0 Å². The number of nitrogens with zero attached hydrogens (tertiary/aromatic N) is 1. The number of benzene rings is 2. The molecule has 0 aliphatic carbocycles. The van der Waals surface area contributed by atoms with Crippen molar-refractivity contribution in [2.75, 3.05) is 5.32 Å². The molecule has 0 aliphatic heterocycles. The van der Waals surface area contributed by atoms with Crippen LogP contribution < -0.4 is 5.32 Å². The zero-order valence-electron chi connectivity index (χ0n) is 11.1. The highest BCUT2D eigenvalue weighted by Gasteiger charge is 2.14. The van der Waals surface area contributed by atoms with E-state index in [0.29, 0.717) is 11.0 Å². The van der Waals surface area contributed by atoms with Crippen molar-refractivity contribution in [3.05, 3.63) is 68.2 Å². The molecule has 0 saturated heterocycles. The van der Waals surface area contributed by atoms with Crippen LogP contribution in [-0.2, 0) is 13.0 Å². The van der Waals surface area contributed by atoms with Crippen LogP contribution in [0.3, 0.4) is 0 Å². The Kier molecular flexibility index (Phi) is 4.74. The molecular weight excluding hydrogens is 320 g/mol. The SMILES string of the molecule is CCc1ccc(NCc2cccc([N+](=O)[O-])c2Br)cc1. The molecule has 0 fully saturated rings. The summed E-state index contributed by atoms with van der Waals surface area (Å²) in [4.78, 5) is 10.5. The summed E-state index contributed by atoms with van der Waals surface area (Å²) in [5, 5.41) is 14.1. The second kappa shape index (κ2) is 6.52. The predicted octanol–water partition coefficient (Wildman–Crippen LogP) is 4.53. The first-order valence-electron chi connectivity index (χ1n) is 6.36. The second-order valence-corrected chi connectivity index (χ2v) is 5.20. The van der Waals surface area contributed by atoms with E-state index in [9.17, 15) is 10.1 Å². The molecular formula is C15H15BrN2O2. The summed E-state index contributed by atoms with van der Waals surface area (Å²) in [5.74, 6) is 0. The number of aryl methyl sites for hydroxylation is 1. The van der Waals surface area contributed by atoms with E-state index < -0.39 is 0 Å². The molecule has 2 rings (SSSR count). The predicted molar refractivity (Wildman–Crippen MR) is 83.9 cm³/mol. The minimum atomic E-state index is -0.385. The zero-order chi connectivity index (χ0) is 14.5. The van der Waals surface area contributed by atoms with E-state index >= 15 is 0 Å². The van der Waals surface area contributed by atoms with Crippen LogP contribution in [-0.4, -0.2) is 4.92 Å². The Morgan fingerprint density at radius 1 is 1.20 bits per heavy atom. The number of anilines is 1. The van der Waals surface area contributed by atoms with Gasteiger partial charge in [0.2, 0.25) is 0 Å². The Morgan fingerprint density at radius 3 is 2.50 bits per heavy atom. The zero-order valence-corrected chi connectivity index (χ0v) is 12.7. The maximum atomic E-state index is 10.9. The van der Waals surface area contributed by atoms with Gasteiger partial charge in [-0.1, -0.05) is 31.2 Å². The van der Waals surface area contributed by atoms with Gasteiger partial charge in [0.15, 0.2) is 0 Å². The molecule has 1 N–H and O–H groups in total. The van der Waals surface area contributed by atoms with E-state index in [0.717, 1.165) is 17.7 Å². The van der Waals surface area contributed by atoms with Gasteiger partial charge in [-0.2, -0.15) is 0 Å². The molecule has 0 spiro atoms. The molecule has 20 heavy (non-hydrogen) atoms. The molecule has 0 radical (unpaired) electrons. The summed E-state index contributed by atoms with van der Waals surface area (Å²) in [7, 11) is 0. The lowest BCUT2D eigenvalue weighted by Crippen LogP contribution is -2.01. The maximum Gasteiger partial charge on any atom is 0.283 e. The summed E-state index contributed by atoms with van der Waals surface area (Å²) in [6.45, 7) is 2.65.